The highest BCUT2D eigenvalue weighted by atomic mass is 19.4. The molecule has 3 N–H and O–H groups in total. The summed E-state index contributed by atoms with van der Waals surface area (Å²) in [5.74, 6) is 0. The predicted octanol–water partition coefficient (Wildman–Crippen LogP) is 2.48. The normalized spacial score (nSPS) is 15.9. The molecule has 0 aliphatic carbocycles. The first-order valence-electron chi connectivity index (χ1n) is 4.91. The van der Waals surface area contributed by atoms with Crippen molar-refractivity contribution in [1.29, 1.82) is 0 Å². The number of hydrogen-bond donors (Lipinski definition) is 2. The van der Waals surface area contributed by atoms with E-state index >= 15 is 0 Å². The Morgan fingerprint density at radius 2 is 1.75 bits per heavy atom. The molecule has 0 amide bonds. The third-order valence-corrected chi connectivity index (χ3v) is 2.22. The van der Waals surface area contributed by atoms with Crippen molar-refractivity contribution >= 4 is 0 Å². The number of nitrogens with two attached hydrogens (primary N) is 1. The molecule has 2 unspecified atom stereocenters. The number of rotatable bonds is 3. The van der Waals surface area contributed by atoms with Crippen molar-refractivity contribution < 1.29 is 18.3 Å². The molecule has 0 aliphatic rings. The minimum absolute atomic E-state index is 0.197. The highest BCUT2D eigenvalue weighted by Crippen LogP contribution is 2.30. The van der Waals surface area contributed by atoms with Crippen LogP contribution in [0.5, 0.6) is 0 Å². The minimum Gasteiger partial charge on any atom is -0.388 e. The van der Waals surface area contributed by atoms with Gasteiger partial charge in [-0.1, -0.05) is 12.1 Å². The molecular weight excluding hydrogens is 219 g/mol. The quantitative estimate of drug-likeness (QED) is 0.842. The minimum atomic E-state index is -4.34. The van der Waals surface area contributed by atoms with Crippen LogP contribution in [0.1, 0.15) is 30.6 Å². The zero-order valence-corrected chi connectivity index (χ0v) is 8.83. The second kappa shape index (κ2) is 4.84. The van der Waals surface area contributed by atoms with Crippen molar-refractivity contribution in [2.75, 3.05) is 0 Å². The van der Waals surface area contributed by atoms with Gasteiger partial charge in [0.25, 0.3) is 0 Å². The zero-order chi connectivity index (χ0) is 12.3. The summed E-state index contributed by atoms with van der Waals surface area (Å²) in [4.78, 5) is 0. The molecule has 16 heavy (non-hydrogen) atoms. The first kappa shape index (κ1) is 13.0. The number of aliphatic hydroxyl groups is 1. The molecule has 1 aromatic carbocycles. The Morgan fingerprint density at radius 1 is 1.25 bits per heavy atom. The molecular formula is C11H14F3NO. The van der Waals surface area contributed by atoms with Crippen LogP contribution < -0.4 is 5.73 Å². The fraction of sp³-hybridized carbons (Fsp3) is 0.455. The van der Waals surface area contributed by atoms with Crippen molar-refractivity contribution in [3.63, 3.8) is 0 Å². The van der Waals surface area contributed by atoms with Crippen LogP contribution in [0.3, 0.4) is 0 Å². The molecule has 0 bridgehead atoms. The van der Waals surface area contributed by atoms with E-state index in [1.165, 1.54) is 12.1 Å². The van der Waals surface area contributed by atoms with E-state index in [2.05, 4.69) is 0 Å². The molecule has 0 radical (unpaired) electrons. The van der Waals surface area contributed by atoms with Gasteiger partial charge in [0, 0.05) is 6.04 Å². The second-order valence-electron chi connectivity index (χ2n) is 3.85. The van der Waals surface area contributed by atoms with E-state index in [4.69, 9.17) is 5.73 Å². The van der Waals surface area contributed by atoms with Crippen LogP contribution >= 0.6 is 0 Å². The van der Waals surface area contributed by atoms with E-state index in [9.17, 15) is 18.3 Å². The van der Waals surface area contributed by atoms with E-state index in [0.29, 0.717) is 12.0 Å². The van der Waals surface area contributed by atoms with Gasteiger partial charge in [-0.3, -0.25) is 0 Å². The number of halogens is 3. The van der Waals surface area contributed by atoms with Gasteiger partial charge in [0.15, 0.2) is 0 Å². The Labute approximate surface area is 91.9 Å². The molecule has 0 heterocycles. The summed E-state index contributed by atoms with van der Waals surface area (Å²) in [5, 5.41) is 9.62. The largest absolute Gasteiger partial charge is 0.416 e. The smallest absolute Gasteiger partial charge is 0.388 e. The lowest BCUT2D eigenvalue weighted by Gasteiger charge is -2.14. The molecule has 0 aliphatic heterocycles. The lowest BCUT2D eigenvalue weighted by atomic mass is 10.0. The molecule has 1 aromatic rings. The molecule has 0 saturated carbocycles. The van der Waals surface area contributed by atoms with Gasteiger partial charge in [-0.15, -0.1) is 0 Å². The fourth-order valence-electron chi connectivity index (χ4n) is 1.38. The average molecular weight is 233 g/mol. The lowest BCUT2D eigenvalue weighted by molar-refractivity contribution is -0.137. The highest BCUT2D eigenvalue weighted by molar-refractivity contribution is 5.26. The molecule has 0 fully saturated rings. The Hall–Kier alpha value is -1.07. The molecule has 0 saturated heterocycles. The van der Waals surface area contributed by atoms with Crippen LogP contribution in [0, 0.1) is 0 Å². The molecule has 2 nitrogen and oxygen atoms in total. The van der Waals surface area contributed by atoms with Gasteiger partial charge in [0.2, 0.25) is 0 Å². The topological polar surface area (TPSA) is 46.2 Å². The molecule has 90 valence electrons. The Balaban J connectivity index is 2.79. The third-order valence-electron chi connectivity index (χ3n) is 2.22. The Kier molecular flexibility index (Phi) is 3.93. The summed E-state index contributed by atoms with van der Waals surface area (Å²) in [6.07, 6.45) is -4.84. The summed E-state index contributed by atoms with van der Waals surface area (Å²) in [6.45, 7) is 1.73. The van der Waals surface area contributed by atoms with Crippen LogP contribution in [0.25, 0.3) is 0 Å². The summed E-state index contributed by atoms with van der Waals surface area (Å²) >= 11 is 0. The van der Waals surface area contributed by atoms with Crippen molar-refractivity contribution in [3.05, 3.63) is 35.4 Å². The van der Waals surface area contributed by atoms with E-state index in [1.807, 2.05) is 0 Å². The van der Waals surface area contributed by atoms with Gasteiger partial charge < -0.3 is 10.8 Å². The molecule has 0 aromatic heterocycles. The predicted molar refractivity (Wildman–Crippen MR) is 54.7 cm³/mol. The zero-order valence-electron chi connectivity index (χ0n) is 8.83. The van der Waals surface area contributed by atoms with Gasteiger partial charge in [-0.05, 0) is 31.0 Å². The van der Waals surface area contributed by atoms with E-state index < -0.39 is 17.8 Å². The molecule has 5 heteroatoms. The summed E-state index contributed by atoms with van der Waals surface area (Å²) < 4.78 is 36.7. The van der Waals surface area contributed by atoms with Crippen LogP contribution in [-0.4, -0.2) is 11.1 Å². The van der Waals surface area contributed by atoms with Crippen LogP contribution in [0.2, 0.25) is 0 Å². The standard InChI is InChI=1S/C11H14F3NO/c1-7(15)6-10(16)8-2-4-9(5-3-8)11(12,13)14/h2-5,7,10,16H,6,15H2,1H3. The maximum atomic E-state index is 12.2. The Morgan fingerprint density at radius 3 is 2.12 bits per heavy atom. The molecule has 0 spiro atoms. The number of benzene rings is 1. The maximum Gasteiger partial charge on any atom is 0.416 e. The van der Waals surface area contributed by atoms with E-state index in [1.54, 1.807) is 6.92 Å². The average Bonchev–Trinajstić information content (AvgIpc) is 2.15. The summed E-state index contributed by atoms with van der Waals surface area (Å²) in [5.41, 5.74) is 5.22. The number of aliphatic hydroxyl groups excluding tert-OH is 1. The SMILES string of the molecule is CC(N)CC(O)c1ccc(C(F)(F)F)cc1. The van der Waals surface area contributed by atoms with Gasteiger partial charge in [-0.25, -0.2) is 0 Å². The van der Waals surface area contributed by atoms with Crippen LogP contribution in [0.4, 0.5) is 13.2 Å². The maximum absolute atomic E-state index is 12.2. The van der Waals surface area contributed by atoms with Gasteiger partial charge >= 0.3 is 6.18 Å². The Bertz CT molecular complexity index is 332. The fourth-order valence-corrected chi connectivity index (χ4v) is 1.38. The van der Waals surface area contributed by atoms with E-state index in [-0.39, 0.29) is 6.04 Å². The van der Waals surface area contributed by atoms with Crippen molar-refractivity contribution in [2.24, 2.45) is 5.73 Å². The molecule has 1 rings (SSSR count). The summed E-state index contributed by atoms with van der Waals surface area (Å²) in [7, 11) is 0. The lowest BCUT2D eigenvalue weighted by Crippen LogP contribution is -2.18. The number of alkyl halides is 3. The highest BCUT2D eigenvalue weighted by Gasteiger charge is 2.30. The summed E-state index contributed by atoms with van der Waals surface area (Å²) in [6, 6.07) is 4.27. The first-order chi connectivity index (χ1) is 7.30. The van der Waals surface area contributed by atoms with Gasteiger partial charge in [-0.2, -0.15) is 13.2 Å². The van der Waals surface area contributed by atoms with Gasteiger partial charge in [0.1, 0.15) is 0 Å². The molecule has 2 atom stereocenters. The van der Waals surface area contributed by atoms with Crippen molar-refractivity contribution in [3.8, 4) is 0 Å². The van der Waals surface area contributed by atoms with E-state index in [0.717, 1.165) is 12.1 Å². The first-order valence-corrected chi connectivity index (χ1v) is 4.91. The number of hydrogen-bond acceptors (Lipinski definition) is 2. The second-order valence-corrected chi connectivity index (χ2v) is 3.85. The van der Waals surface area contributed by atoms with Crippen LogP contribution in [0.15, 0.2) is 24.3 Å². The monoisotopic (exact) mass is 233 g/mol. The van der Waals surface area contributed by atoms with Gasteiger partial charge in [0.05, 0.1) is 11.7 Å². The third kappa shape index (κ3) is 3.50. The van der Waals surface area contributed by atoms with Crippen molar-refractivity contribution in [2.45, 2.75) is 31.7 Å². The van der Waals surface area contributed by atoms with Crippen LogP contribution in [-0.2, 0) is 6.18 Å². The van der Waals surface area contributed by atoms with Crippen molar-refractivity contribution in [1.82, 2.24) is 0 Å².